The van der Waals surface area contributed by atoms with Crippen LogP contribution in [0, 0.1) is 5.92 Å². The van der Waals surface area contributed by atoms with Crippen LogP contribution in [0.15, 0.2) is 36.1 Å². The third-order valence-corrected chi connectivity index (χ3v) is 5.78. The summed E-state index contributed by atoms with van der Waals surface area (Å²) in [5, 5.41) is 1.34. The number of nitrogens with one attached hydrogen (secondary N) is 1. The smallest absolute Gasteiger partial charge is 0.337 e. The van der Waals surface area contributed by atoms with E-state index in [2.05, 4.69) is 34.1 Å². The second-order valence-corrected chi connectivity index (χ2v) is 7.11. The van der Waals surface area contributed by atoms with Crippen LogP contribution in [-0.2, 0) is 20.7 Å². The van der Waals surface area contributed by atoms with E-state index in [0.29, 0.717) is 18.2 Å². The first kappa shape index (κ1) is 17.2. The topological polar surface area (TPSA) is 54.6 Å². The van der Waals surface area contributed by atoms with Gasteiger partial charge in [0.05, 0.1) is 31.6 Å². The molecule has 5 nitrogen and oxygen atoms in total. The molecular weight excluding hydrogens is 328 g/mol. The standard InChI is InChI=1S/C21H26N2O3/c1-3-26-13-17(21(24)25-2)14-8-10-23-11-9-16-15-6-4-5-7-18(15)22-20(16)19(23)12-14/h4-7,13-14,19,22H,3,8-12H2,1-2H3. The van der Waals surface area contributed by atoms with Gasteiger partial charge in [-0.2, -0.15) is 0 Å². The number of H-pyrrole nitrogens is 1. The Bertz CT molecular complexity index is 839. The Morgan fingerprint density at radius 2 is 2.19 bits per heavy atom. The predicted octanol–water partition coefficient (Wildman–Crippen LogP) is 3.57. The number of benzene rings is 1. The van der Waals surface area contributed by atoms with Gasteiger partial charge in [-0.05, 0) is 50.3 Å². The zero-order chi connectivity index (χ0) is 18.1. The molecule has 26 heavy (non-hydrogen) atoms. The van der Waals surface area contributed by atoms with Crippen molar-refractivity contribution in [2.75, 3.05) is 26.8 Å². The van der Waals surface area contributed by atoms with Crippen LogP contribution in [0.4, 0.5) is 0 Å². The molecule has 1 fully saturated rings. The number of hydrogen-bond donors (Lipinski definition) is 1. The van der Waals surface area contributed by atoms with Gasteiger partial charge in [-0.15, -0.1) is 0 Å². The fraction of sp³-hybridized carbons (Fsp3) is 0.476. The number of esters is 1. The molecule has 2 unspecified atom stereocenters. The van der Waals surface area contributed by atoms with Gasteiger partial charge in [0.2, 0.25) is 0 Å². The number of nitrogens with zero attached hydrogens (tertiary/aromatic N) is 1. The molecule has 5 heteroatoms. The lowest BCUT2D eigenvalue weighted by molar-refractivity contribution is -0.137. The number of rotatable bonds is 4. The number of aromatic nitrogens is 1. The van der Waals surface area contributed by atoms with Crippen molar-refractivity contribution in [2.45, 2.75) is 32.2 Å². The summed E-state index contributed by atoms with van der Waals surface area (Å²) in [5.41, 5.74) is 4.63. The van der Waals surface area contributed by atoms with E-state index in [1.54, 1.807) is 6.26 Å². The molecule has 138 valence electrons. The number of para-hydroxylation sites is 1. The highest BCUT2D eigenvalue weighted by Crippen LogP contribution is 2.43. The first-order valence-electron chi connectivity index (χ1n) is 9.46. The molecule has 0 aliphatic carbocycles. The molecule has 2 aromatic rings. The number of piperidine rings is 1. The molecular formula is C21H26N2O3. The third kappa shape index (κ3) is 2.90. The van der Waals surface area contributed by atoms with Gasteiger partial charge in [-0.1, -0.05) is 18.2 Å². The largest absolute Gasteiger partial charge is 0.501 e. The highest BCUT2D eigenvalue weighted by molar-refractivity contribution is 5.89. The van der Waals surface area contributed by atoms with Crippen molar-refractivity contribution in [3.63, 3.8) is 0 Å². The van der Waals surface area contributed by atoms with E-state index < -0.39 is 0 Å². The SMILES string of the molecule is CCOC=C(C(=O)OC)C1CCN2CCc3c([nH]c4ccccc34)C2C1. The summed E-state index contributed by atoms with van der Waals surface area (Å²) < 4.78 is 10.4. The molecule has 2 aliphatic heterocycles. The van der Waals surface area contributed by atoms with E-state index in [9.17, 15) is 4.79 Å². The van der Waals surface area contributed by atoms with Gasteiger partial charge in [0, 0.05) is 23.1 Å². The summed E-state index contributed by atoms with van der Waals surface area (Å²) in [4.78, 5) is 18.5. The Morgan fingerprint density at radius 3 is 3.00 bits per heavy atom. The van der Waals surface area contributed by atoms with Crippen LogP contribution < -0.4 is 0 Å². The van der Waals surface area contributed by atoms with Crippen LogP contribution in [0.3, 0.4) is 0 Å². The second-order valence-electron chi connectivity index (χ2n) is 7.11. The Kier molecular flexibility index (Phi) is 4.72. The Morgan fingerprint density at radius 1 is 1.35 bits per heavy atom. The lowest BCUT2D eigenvalue weighted by Gasteiger charge is -2.42. The van der Waals surface area contributed by atoms with Crippen LogP contribution >= 0.6 is 0 Å². The van der Waals surface area contributed by atoms with Crippen LogP contribution in [0.2, 0.25) is 0 Å². The lowest BCUT2D eigenvalue weighted by Crippen LogP contribution is -2.42. The van der Waals surface area contributed by atoms with Crippen molar-refractivity contribution in [1.29, 1.82) is 0 Å². The van der Waals surface area contributed by atoms with Crippen LogP contribution in [0.5, 0.6) is 0 Å². The van der Waals surface area contributed by atoms with Crippen LogP contribution in [0.25, 0.3) is 10.9 Å². The zero-order valence-electron chi connectivity index (χ0n) is 15.5. The molecule has 0 amide bonds. The summed E-state index contributed by atoms with van der Waals surface area (Å²) >= 11 is 0. The quantitative estimate of drug-likeness (QED) is 0.518. The number of ether oxygens (including phenoxy) is 2. The molecule has 0 spiro atoms. The summed E-state index contributed by atoms with van der Waals surface area (Å²) in [6, 6.07) is 8.85. The Hall–Kier alpha value is -2.27. The molecule has 3 heterocycles. The third-order valence-electron chi connectivity index (χ3n) is 5.78. The highest BCUT2D eigenvalue weighted by Gasteiger charge is 2.38. The van der Waals surface area contributed by atoms with Crippen molar-refractivity contribution in [3.05, 3.63) is 47.4 Å². The van der Waals surface area contributed by atoms with Gasteiger partial charge in [-0.3, -0.25) is 4.90 Å². The lowest BCUT2D eigenvalue weighted by atomic mass is 9.81. The first-order valence-corrected chi connectivity index (χ1v) is 9.46. The Labute approximate surface area is 154 Å². The van der Waals surface area contributed by atoms with Crippen molar-refractivity contribution in [3.8, 4) is 0 Å². The monoisotopic (exact) mass is 354 g/mol. The van der Waals surface area contributed by atoms with E-state index in [1.165, 1.54) is 29.3 Å². The minimum Gasteiger partial charge on any atom is -0.501 e. The predicted molar refractivity (Wildman–Crippen MR) is 101 cm³/mol. The number of fused-ring (bicyclic) bond motifs is 5. The van der Waals surface area contributed by atoms with Gasteiger partial charge in [-0.25, -0.2) is 4.79 Å². The average molecular weight is 354 g/mol. The summed E-state index contributed by atoms with van der Waals surface area (Å²) in [5.74, 6) is -0.114. The maximum atomic E-state index is 12.3. The van der Waals surface area contributed by atoms with Crippen LogP contribution in [-0.4, -0.2) is 42.7 Å². The number of carbonyl (C=O) groups excluding carboxylic acids is 1. The fourth-order valence-electron chi connectivity index (χ4n) is 4.50. The average Bonchev–Trinajstić information content (AvgIpc) is 3.07. The molecule has 1 aromatic carbocycles. The molecule has 2 aliphatic rings. The maximum absolute atomic E-state index is 12.3. The molecule has 1 aromatic heterocycles. The number of carbonyl (C=O) groups is 1. The molecule has 1 N–H and O–H groups in total. The van der Waals surface area contributed by atoms with Crippen molar-refractivity contribution < 1.29 is 14.3 Å². The van der Waals surface area contributed by atoms with E-state index in [1.807, 2.05) is 6.92 Å². The normalized spacial score (nSPS) is 23.4. The number of aromatic amines is 1. The zero-order valence-corrected chi connectivity index (χ0v) is 15.5. The van der Waals surface area contributed by atoms with Crippen molar-refractivity contribution in [2.24, 2.45) is 5.92 Å². The van der Waals surface area contributed by atoms with Crippen molar-refractivity contribution >= 4 is 16.9 Å². The van der Waals surface area contributed by atoms with E-state index in [0.717, 1.165) is 32.4 Å². The molecule has 2 atom stereocenters. The van der Waals surface area contributed by atoms with Gasteiger partial charge in [0.25, 0.3) is 0 Å². The second kappa shape index (κ2) is 7.16. The van der Waals surface area contributed by atoms with Gasteiger partial charge >= 0.3 is 5.97 Å². The molecule has 0 saturated carbocycles. The highest BCUT2D eigenvalue weighted by atomic mass is 16.5. The minimum absolute atomic E-state index is 0.160. The van der Waals surface area contributed by atoms with Gasteiger partial charge < -0.3 is 14.5 Å². The Balaban J connectivity index is 1.66. The van der Waals surface area contributed by atoms with Gasteiger partial charge in [0.15, 0.2) is 0 Å². The molecule has 1 saturated heterocycles. The fourth-order valence-corrected chi connectivity index (χ4v) is 4.50. The maximum Gasteiger partial charge on any atom is 0.337 e. The van der Waals surface area contributed by atoms with Gasteiger partial charge in [0.1, 0.15) is 0 Å². The summed E-state index contributed by atoms with van der Waals surface area (Å²) in [6.07, 6.45) is 4.56. The molecule has 0 bridgehead atoms. The summed E-state index contributed by atoms with van der Waals surface area (Å²) in [6.45, 7) is 4.54. The molecule has 0 radical (unpaired) electrons. The number of hydrogen-bond acceptors (Lipinski definition) is 4. The minimum atomic E-state index is -0.274. The van der Waals surface area contributed by atoms with E-state index >= 15 is 0 Å². The first-order chi connectivity index (χ1) is 12.7. The van der Waals surface area contributed by atoms with E-state index in [4.69, 9.17) is 9.47 Å². The van der Waals surface area contributed by atoms with E-state index in [-0.39, 0.29) is 11.9 Å². The van der Waals surface area contributed by atoms with Crippen LogP contribution in [0.1, 0.15) is 37.1 Å². The molecule has 4 rings (SSSR count). The van der Waals surface area contributed by atoms with Crippen molar-refractivity contribution in [1.82, 2.24) is 9.88 Å². The number of methoxy groups -OCH3 is 1. The summed E-state index contributed by atoms with van der Waals surface area (Å²) in [7, 11) is 1.44.